The van der Waals surface area contributed by atoms with Crippen LogP contribution in [0.15, 0.2) is 48.5 Å². The van der Waals surface area contributed by atoms with Crippen LogP contribution in [0.4, 0.5) is 14.5 Å². The zero-order valence-electron chi connectivity index (χ0n) is 15.9. The molecule has 2 aromatic rings. The van der Waals surface area contributed by atoms with Gasteiger partial charge in [0.25, 0.3) is 0 Å². The van der Waals surface area contributed by atoms with Gasteiger partial charge < -0.3 is 9.80 Å². The van der Waals surface area contributed by atoms with Crippen molar-refractivity contribution in [3.63, 3.8) is 0 Å². The van der Waals surface area contributed by atoms with Crippen LogP contribution in [-0.4, -0.2) is 42.1 Å². The van der Waals surface area contributed by atoms with Gasteiger partial charge in [0.15, 0.2) is 0 Å². The van der Waals surface area contributed by atoms with Crippen LogP contribution in [0.3, 0.4) is 0 Å². The molecule has 0 aliphatic carbocycles. The molecule has 2 heterocycles. The van der Waals surface area contributed by atoms with Crippen molar-refractivity contribution in [3.8, 4) is 0 Å². The van der Waals surface area contributed by atoms with E-state index in [1.165, 1.54) is 6.07 Å². The van der Waals surface area contributed by atoms with Crippen LogP contribution in [0.1, 0.15) is 23.7 Å². The Morgan fingerprint density at radius 3 is 2.66 bits per heavy atom. The second-order valence-corrected chi connectivity index (χ2v) is 8.69. The average molecular weight is 416 g/mol. The zero-order chi connectivity index (χ0) is 20.4. The van der Waals surface area contributed by atoms with Crippen LogP contribution < -0.4 is 4.90 Å². The van der Waals surface area contributed by atoms with Gasteiger partial charge in [0.1, 0.15) is 11.6 Å². The molecule has 2 atom stereocenters. The number of carbonyl (C=O) groups excluding carboxylic acids is 2. The van der Waals surface area contributed by atoms with Crippen molar-refractivity contribution in [3.05, 3.63) is 65.7 Å². The normalized spacial score (nSPS) is 22.6. The number of amides is 2. The fourth-order valence-corrected chi connectivity index (χ4v) is 5.23. The van der Waals surface area contributed by atoms with Crippen molar-refractivity contribution in [1.29, 1.82) is 0 Å². The molecule has 4 nitrogen and oxygen atoms in total. The Morgan fingerprint density at radius 1 is 1.07 bits per heavy atom. The van der Waals surface area contributed by atoms with Crippen molar-refractivity contribution in [1.82, 2.24) is 4.90 Å². The lowest BCUT2D eigenvalue weighted by Crippen LogP contribution is -2.38. The van der Waals surface area contributed by atoms with E-state index in [-0.39, 0.29) is 29.4 Å². The molecular formula is C22H22F2N2O2S. The summed E-state index contributed by atoms with van der Waals surface area (Å²) in [5.41, 5.74) is 1.16. The van der Waals surface area contributed by atoms with Gasteiger partial charge in [0.2, 0.25) is 11.8 Å². The first kappa shape index (κ1) is 19.9. The summed E-state index contributed by atoms with van der Waals surface area (Å²) in [6.45, 7) is 1.41. The molecule has 2 amide bonds. The summed E-state index contributed by atoms with van der Waals surface area (Å²) in [4.78, 5) is 28.9. The number of halogens is 2. The number of benzene rings is 2. The SMILES string of the molecule is O=C(C1CC(=O)N(c2ccccc2)C1)N1CCSC(c2cc(F)ccc2F)CC1. The first-order valence-corrected chi connectivity index (χ1v) is 10.8. The number of anilines is 1. The maximum atomic E-state index is 14.1. The number of thioether (sulfide) groups is 1. The number of carbonyl (C=O) groups is 2. The van der Waals surface area contributed by atoms with E-state index in [1.807, 2.05) is 30.3 Å². The zero-order valence-corrected chi connectivity index (χ0v) is 16.7. The van der Waals surface area contributed by atoms with Crippen molar-refractivity contribution < 1.29 is 18.4 Å². The molecule has 0 radical (unpaired) electrons. The van der Waals surface area contributed by atoms with Crippen LogP contribution in [-0.2, 0) is 9.59 Å². The van der Waals surface area contributed by atoms with Gasteiger partial charge in [-0.1, -0.05) is 18.2 Å². The van der Waals surface area contributed by atoms with Gasteiger partial charge in [-0.05, 0) is 36.8 Å². The van der Waals surface area contributed by atoms with E-state index < -0.39 is 11.6 Å². The smallest absolute Gasteiger partial charge is 0.228 e. The van der Waals surface area contributed by atoms with Crippen LogP contribution in [0, 0.1) is 17.6 Å². The van der Waals surface area contributed by atoms with Crippen LogP contribution in [0.5, 0.6) is 0 Å². The predicted molar refractivity (Wildman–Crippen MR) is 110 cm³/mol. The monoisotopic (exact) mass is 416 g/mol. The molecule has 0 bridgehead atoms. The van der Waals surface area contributed by atoms with E-state index >= 15 is 0 Å². The Morgan fingerprint density at radius 2 is 1.86 bits per heavy atom. The minimum Gasteiger partial charge on any atom is -0.342 e. The molecule has 2 aliphatic heterocycles. The number of nitrogens with zero attached hydrogens (tertiary/aromatic N) is 2. The molecule has 152 valence electrons. The molecule has 2 aromatic carbocycles. The second kappa shape index (κ2) is 8.53. The molecule has 2 saturated heterocycles. The van der Waals surface area contributed by atoms with E-state index in [0.717, 1.165) is 17.8 Å². The van der Waals surface area contributed by atoms with Gasteiger partial charge in [0, 0.05) is 48.3 Å². The van der Waals surface area contributed by atoms with Crippen molar-refractivity contribution in [2.45, 2.75) is 18.1 Å². The Bertz CT molecular complexity index is 909. The van der Waals surface area contributed by atoms with E-state index in [2.05, 4.69) is 0 Å². The summed E-state index contributed by atoms with van der Waals surface area (Å²) in [6, 6.07) is 12.9. The Labute approximate surface area is 172 Å². The van der Waals surface area contributed by atoms with Gasteiger partial charge in [-0.15, -0.1) is 0 Å². The third-order valence-corrected chi connectivity index (χ3v) is 6.81. The molecule has 0 spiro atoms. The topological polar surface area (TPSA) is 40.6 Å². The minimum absolute atomic E-state index is 0.0299. The Hall–Kier alpha value is -2.41. The lowest BCUT2D eigenvalue weighted by Gasteiger charge is -2.24. The number of para-hydroxylation sites is 1. The summed E-state index contributed by atoms with van der Waals surface area (Å²) in [6.07, 6.45) is 0.763. The first-order valence-electron chi connectivity index (χ1n) is 9.73. The molecule has 2 aliphatic rings. The molecule has 2 fully saturated rings. The Kier molecular flexibility index (Phi) is 5.85. The summed E-state index contributed by atoms with van der Waals surface area (Å²) in [5, 5.41) is -0.186. The maximum absolute atomic E-state index is 14.1. The largest absolute Gasteiger partial charge is 0.342 e. The van der Waals surface area contributed by atoms with Crippen LogP contribution in [0.25, 0.3) is 0 Å². The van der Waals surface area contributed by atoms with Crippen molar-refractivity contribution in [2.24, 2.45) is 5.92 Å². The van der Waals surface area contributed by atoms with Gasteiger partial charge in [-0.25, -0.2) is 8.78 Å². The predicted octanol–water partition coefficient (Wildman–Crippen LogP) is 4.02. The molecule has 0 N–H and O–H groups in total. The highest BCUT2D eigenvalue weighted by molar-refractivity contribution is 7.99. The molecule has 29 heavy (non-hydrogen) atoms. The number of hydrogen-bond donors (Lipinski definition) is 0. The number of hydrogen-bond acceptors (Lipinski definition) is 3. The summed E-state index contributed by atoms with van der Waals surface area (Å²) < 4.78 is 27.7. The van der Waals surface area contributed by atoms with Gasteiger partial charge in [-0.2, -0.15) is 11.8 Å². The average Bonchev–Trinajstić information content (AvgIpc) is 2.96. The fourth-order valence-electron chi connectivity index (χ4n) is 3.99. The van der Waals surface area contributed by atoms with Crippen molar-refractivity contribution >= 4 is 29.3 Å². The highest BCUT2D eigenvalue weighted by Crippen LogP contribution is 2.36. The molecular weight excluding hydrogens is 394 g/mol. The van der Waals surface area contributed by atoms with E-state index in [9.17, 15) is 18.4 Å². The van der Waals surface area contributed by atoms with E-state index in [4.69, 9.17) is 0 Å². The summed E-state index contributed by atoms with van der Waals surface area (Å²) in [7, 11) is 0. The van der Waals surface area contributed by atoms with Gasteiger partial charge in [0.05, 0.1) is 5.92 Å². The highest BCUT2D eigenvalue weighted by atomic mass is 32.2. The quantitative estimate of drug-likeness (QED) is 0.759. The van der Waals surface area contributed by atoms with Crippen LogP contribution in [0.2, 0.25) is 0 Å². The van der Waals surface area contributed by atoms with E-state index in [1.54, 1.807) is 21.6 Å². The maximum Gasteiger partial charge on any atom is 0.228 e. The standard InChI is InChI=1S/C22H22F2N2O2S/c23-16-6-7-19(24)18(13-16)20-8-9-25(10-11-29-20)22(28)15-12-21(27)26(14-15)17-4-2-1-3-5-17/h1-7,13,15,20H,8-12,14H2. The lowest BCUT2D eigenvalue weighted by atomic mass is 10.1. The van der Waals surface area contributed by atoms with E-state index in [0.29, 0.717) is 37.4 Å². The number of rotatable bonds is 3. The summed E-state index contributed by atoms with van der Waals surface area (Å²) in [5.74, 6) is -0.658. The lowest BCUT2D eigenvalue weighted by molar-refractivity contribution is -0.135. The van der Waals surface area contributed by atoms with Gasteiger partial charge >= 0.3 is 0 Å². The molecule has 2 unspecified atom stereocenters. The first-order chi connectivity index (χ1) is 14.0. The molecule has 7 heteroatoms. The fraction of sp³-hybridized carbons (Fsp3) is 0.364. The molecule has 0 saturated carbocycles. The third-order valence-electron chi connectivity index (χ3n) is 5.50. The summed E-state index contributed by atoms with van der Waals surface area (Å²) >= 11 is 1.54. The van der Waals surface area contributed by atoms with Crippen molar-refractivity contribution in [2.75, 3.05) is 30.3 Å². The Balaban J connectivity index is 1.41. The molecule has 0 aromatic heterocycles. The minimum atomic E-state index is -0.454. The highest BCUT2D eigenvalue weighted by Gasteiger charge is 2.37. The van der Waals surface area contributed by atoms with Gasteiger partial charge in [-0.3, -0.25) is 9.59 Å². The van der Waals surface area contributed by atoms with Crippen LogP contribution >= 0.6 is 11.8 Å². The molecule has 4 rings (SSSR count). The third kappa shape index (κ3) is 4.29. The second-order valence-electron chi connectivity index (χ2n) is 7.38.